The predicted molar refractivity (Wildman–Crippen MR) is 182 cm³/mol. The molecule has 7 rings (SSSR count). The molecular formula is C37H42ClNO13. The molecule has 0 aromatic heterocycles. The van der Waals surface area contributed by atoms with Crippen molar-refractivity contribution in [1.29, 1.82) is 0 Å². The van der Waals surface area contributed by atoms with Gasteiger partial charge < -0.3 is 38.1 Å². The molecule has 15 heteroatoms. The topological polar surface area (TPSA) is 170 Å². The maximum atomic E-state index is 14.4. The van der Waals surface area contributed by atoms with Gasteiger partial charge in [0.1, 0.15) is 11.4 Å². The molecule has 6 atom stereocenters. The van der Waals surface area contributed by atoms with Crippen LogP contribution in [0.2, 0.25) is 0 Å². The molecule has 1 amide bonds. The number of rotatable bonds is 9. The quantitative estimate of drug-likeness (QED) is 0.205. The number of carbonyl (C=O) groups excluding carboxylic acids is 6. The maximum absolute atomic E-state index is 14.4. The van der Waals surface area contributed by atoms with Gasteiger partial charge in [0.2, 0.25) is 18.3 Å². The first-order valence-corrected chi connectivity index (χ1v) is 17.5. The summed E-state index contributed by atoms with van der Waals surface area (Å²) in [5.74, 6) is -3.68. The molecule has 52 heavy (non-hydrogen) atoms. The third-order valence-electron chi connectivity index (χ3n) is 9.95. The fourth-order valence-corrected chi connectivity index (χ4v) is 8.28. The third kappa shape index (κ3) is 6.55. The second-order valence-electron chi connectivity index (χ2n) is 15.0. The van der Waals surface area contributed by atoms with Crippen LogP contribution in [0.5, 0.6) is 5.75 Å². The molecule has 2 aromatic carbocycles. The van der Waals surface area contributed by atoms with E-state index < -0.39 is 71.0 Å². The predicted octanol–water partition coefficient (Wildman–Crippen LogP) is 4.09. The number of hydrogen-bond acceptors (Lipinski definition) is 13. The van der Waals surface area contributed by atoms with E-state index in [1.165, 1.54) is 0 Å². The van der Waals surface area contributed by atoms with Gasteiger partial charge in [0, 0.05) is 50.6 Å². The zero-order chi connectivity index (χ0) is 37.9. The number of alkyl halides is 1. The van der Waals surface area contributed by atoms with E-state index in [9.17, 15) is 28.8 Å². The lowest BCUT2D eigenvalue weighted by atomic mass is 9.34. The van der Waals surface area contributed by atoms with E-state index in [-0.39, 0.29) is 29.4 Å². The van der Waals surface area contributed by atoms with E-state index >= 15 is 0 Å². The Labute approximate surface area is 305 Å². The second-order valence-corrected chi connectivity index (χ2v) is 15.3. The normalized spacial score (nSPS) is 30.2. The first-order valence-electron chi connectivity index (χ1n) is 17.0. The monoisotopic (exact) mass is 743 g/mol. The minimum Gasteiger partial charge on any atom is -0.467 e. The zero-order valence-corrected chi connectivity index (χ0v) is 30.8. The van der Waals surface area contributed by atoms with Crippen molar-refractivity contribution in [1.82, 2.24) is 0 Å². The van der Waals surface area contributed by atoms with Gasteiger partial charge in [-0.3, -0.25) is 24.0 Å². The lowest BCUT2D eigenvalue weighted by Gasteiger charge is -2.67. The molecule has 3 saturated carbocycles. The van der Waals surface area contributed by atoms with Gasteiger partial charge in [-0.2, -0.15) is 0 Å². The molecule has 3 aliphatic carbocycles. The highest BCUT2D eigenvalue weighted by molar-refractivity contribution is 6.19. The third-order valence-corrected chi connectivity index (χ3v) is 10.3. The van der Waals surface area contributed by atoms with Crippen LogP contribution in [0.25, 0.3) is 10.8 Å². The van der Waals surface area contributed by atoms with Crippen molar-refractivity contribution in [3.8, 4) is 5.75 Å². The standard InChI is InChI=1S/C37H42ClNO13/c1-18(40)47-27-28(48-19(2)41)30(49-20(3)42)32(51-29(27)31(43)46-7)50-25-12-24-26(23-11-9-8-10-22(23)25)21(13-38)14-39(24)33(44)36-15-37(16-36,17-36)34(45)52-35(4,5)6/h8-12,21,27-30,32H,13-17H2,1-7H3/t21-,27+,28+,29+,30-,32-,36?,37?/m1/s1. The molecule has 2 heterocycles. The number of amides is 1. The fourth-order valence-electron chi connectivity index (χ4n) is 8.03. The van der Waals surface area contributed by atoms with Crippen LogP contribution in [0.3, 0.4) is 0 Å². The molecule has 0 radical (unpaired) electrons. The molecule has 1 saturated heterocycles. The summed E-state index contributed by atoms with van der Waals surface area (Å²) in [6, 6.07) is 8.94. The van der Waals surface area contributed by atoms with E-state index in [1.54, 1.807) is 23.1 Å². The van der Waals surface area contributed by atoms with Crippen molar-refractivity contribution in [3.05, 3.63) is 35.9 Å². The number of methoxy groups -OCH3 is 1. The number of carbonyl (C=O) groups is 6. The molecule has 2 aromatic rings. The smallest absolute Gasteiger partial charge is 0.339 e. The zero-order valence-electron chi connectivity index (χ0n) is 30.0. The molecule has 0 spiro atoms. The van der Waals surface area contributed by atoms with Gasteiger partial charge in [0.25, 0.3) is 0 Å². The maximum Gasteiger partial charge on any atom is 0.339 e. The van der Waals surface area contributed by atoms with E-state index in [0.29, 0.717) is 36.9 Å². The van der Waals surface area contributed by atoms with E-state index in [1.807, 2.05) is 32.9 Å². The first-order chi connectivity index (χ1) is 24.4. The fraction of sp³-hybridized carbons (Fsp3) is 0.568. The van der Waals surface area contributed by atoms with Crippen molar-refractivity contribution >= 4 is 63.8 Å². The Balaban J connectivity index is 1.38. The van der Waals surface area contributed by atoms with Gasteiger partial charge in [-0.05, 0) is 51.0 Å². The van der Waals surface area contributed by atoms with Crippen LogP contribution >= 0.6 is 11.6 Å². The van der Waals surface area contributed by atoms with Crippen LogP contribution in [0.1, 0.15) is 72.3 Å². The highest BCUT2D eigenvalue weighted by Gasteiger charge is 2.76. The Kier molecular flexibility index (Phi) is 9.71. The van der Waals surface area contributed by atoms with Gasteiger partial charge in [-0.15, -0.1) is 11.6 Å². The summed E-state index contributed by atoms with van der Waals surface area (Å²) in [5.41, 5.74) is -0.654. The van der Waals surface area contributed by atoms with Crippen LogP contribution in [0.15, 0.2) is 30.3 Å². The molecule has 14 nitrogen and oxygen atoms in total. The summed E-state index contributed by atoms with van der Waals surface area (Å²) in [7, 11) is 1.10. The van der Waals surface area contributed by atoms with Crippen molar-refractivity contribution in [2.24, 2.45) is 10.8 Å². The molecule has 2 bridgehead atoms. The molecule has 0 unspecified atom stereocenters. The van der Waals surface area contributed by atoms with Crippen LogP contribution in [0.4, 0.5) is 5.69 Å². The van der Waals surface area contributed by atoms with Crippen LogP contribution < -0.4 is 9.64 Å². The van der Waals surface area contributed by atoms with Gasteiger partial charge in [-0.25, -0.2) is 4.79 Å². The Morgan fingerprint density at radius 2 is 1.44 bits per heavy atom. The Morgan fingerprint density at radius 1 is 0.865 bits per heavy atom. The minimum atomic E-state index is -1.66. The molecular weight excluding hydrogens is 702 g/mol. The van der Waals surface area contributed by atoms with E-state index in [2.05, 4.69) is 0 Å². The summed E-state index contributed by atoms with van der Waals surface area (Å²) in [6.45, 7) is 9.04. The van der Waals surface area contributed by atoms with Crippen molar-refractivity contribution < 1.29 is 61.9 Å². The van der Waals surface area contributed by atoms with E-state index in [4.69, 9.17) is 44.8 Å². The Hall–Kier alpha value is -4.43. The minimum absolute atomic E-state index is 0.135. The first kappa shape index (κ1) is 37.3. The summed E-state index contributed by atoms with van der Waals surface area (Å²) >= 11 is 6.51. The summed E-state index contributed by atoms with van der Waals surface area (Å²) < 4.78 is 39.5. The van der Waals surface area contributed by atoms with Gasteiger partial charge in [-0.1, -0.05) is 24.3 Å². The molecule has 0 N–H and O–H groups in total. The number of esters is 5. The van der Waals surface area contributed by atoms with E-state index in [0.717, 1.165) is 38.8 Å². The lowest BCUT2D eigenvalue weighted by molar-refractivity contribution is -0.282. The number of halogens is 1. The lowest BCUT2D eigenvalue weighted by Crippen LogP contribution is -2.71. The Bertz CT molecular complexity index is 1820. The number of fused-ring (bicyclic) bond motifs is 3. The van der Waals surface area contributed by atoms with Crippen molar-refractivity contribution in [2.75, 3.05) is 24.4 Å². The Morgan fingerprint density at radius 3 is 2.00 bits per heavy atom. The summed E-state index contributed by atoms with van der Waals surface area (Å²) in [6.07, 6.45) is -6.74. The molecule has 5 aliphatic rings. The highest BCUT2D eigenvalue weighted by Crippen LogP contribution is 2.74. The van der Waals surface area contributed by atoms with Crippen LogP contribution in [-0.2, 0) is 57.2 Å². The largest absolute Gasteiger partial charge is 0.467 e. The average Bonchev–Trinajstić information content (AvgIpc) is 3.39. The van der Waals surface area contributed by atoms with Gasteiger partial charge in [0.15, 0.2) is 18.3 Å². The molecule has 4 fully saturated rings. The number of benzene rings is 2. The second kappa shape index (κ2) is 13.5. The number of ether oxygens (including phenoxy) is 7. The summed E-state index contributed by atoms with van der Waals surface area (Å²) in [5, 5.41) is 1.32. The van der Waals surface area contributed by atoms with Gasteiger partial charge >= 0.3 is 29.8 Å². The van der Waals surface area contributed by atoms with Crippen molar-refractivity contribution in [3.63, 3.8) is 0 Å². The molecule has 280 valence electrons. The molecule has 2 aliphatic heterocycles. The van der Waals surface area contributed by atoms with Crippen LogP contribution in [-0.4, -0.2) is 91.6 Å². The summed E-state index contributed by atoms with van der Waals surface area (Å²) in [4.78, 5) is 78.9. The van der Waals surface area contributed by atoms with Crippen LogP contribution in [0, 0.1) is 10.8 Å². The SMILES string of the molecule is COC(=O)[C@H]1O[C@@H](Oc2cc3c(c4ccccc24)[C@H](CCl)CN3C(=O)C23CC(C(=O)OC(C)(C)C)(C2)C3)[C@H](OC(C)=O)[C@@H](OC(C)=O)[C@@H]1OC(C)=O. The van der Waals surface area contributed by atoms with Gasteiger partial charge in [0.05, 0.1) is 23.6 Å². The van der Waals surface area contributed by atoms with Crippen molar-refractivity contribution in [2.45, 2.75) is 103 Å². The number of hydrogen-bond donors (Lipinski definition) is 0. The number of anilines is 1. The average molecular weight is 744 g/mol. The number of nitrogens with zero attached hydrogens (tertiary/aromatic N) is 1. The highest BCUT2D eigenvalue weighted by atomic mass is 35.5.